The number of hydrogen-bond acceptors (Lipinski definition) is 5. The second kappa shape index (κ2) is 3.68. The Morgan fingerprint density at radius 1 is 1.17 bits per heavy atom. The van der Waals surface area contributed by atoms with Crippen LogP contribution in [-0.4, -0.2) is 52.4 Å². The largest absolute Gasteiger partial charge is 0.388 e. The molecule has 0 saturated carbocycles. The minimum Gasteiger partial charge on any atom is -0.388 e. The molecule has 0 aromatic rings. The van der Waals surface area contributed by atoms with Crippen molar-refractivity contribution in [3.05, 3.63) is 0 Å². The number of hydrogen-bond donors (Lipinski definition) is 4. The van der Waals surface area contributed by atoms with E-state index in [-0.39, 0.29) is 6.54 Å². The van der Waals surface area contributed by atoms with E-state index in [2.05, 4.69) is 0 Å². The molecule has 1 saturated heterocycles. The van der Waals surface area contributed by atoms with E-state index in [1.807, 2.05) is 0 Å². The first kappa shape index (κ1) is 9.88. The van der Waals surface area contributed by atoms with E-state index in [0.717, 1.165) is 0 Å². The fourth-order valence-corrected chi connectivity index (χ4v) is 1.33. The Hall–Kier alpha value is -0.200. The molecule has 5 heteroatoms. The van der Waals surface area contributed by atoms with Crippen LogP contribution in [0.1, 0.15) is 6.92 Å². The Kier molecular flexibility index (Phi) is 3.03. The molecule has 0 spiro atoms. The molecule has 5 nitrogen and oxygen atoms in total. The first-order valence-corrected chi connectivity index (χ1v) is 3.97. The summed E-state index contributed by atoms with van der Waals surface area (Å²) in [5, 5.41) is 27.8. The summed E-state index contributed by atoms with van der Waals surface area (Å²) in [5.41, 5.74) is 5.29. The van der Waals surface area contributed by atoms with Gasteiger partial charge >= 0.3 is 0 Å². The first-order chi connectivity index (χ1) is 5.57. The van der Waals surface area contributed by atoms with Crippen molar-refractivity contribution in [2.45, 2.75) is 37.4 Å². The van der Waals surface area contributed by atoms with Gasteiger partial charge in [-0.25, -0.2) is 0 Å². The maximum Gasteiger partial charge on any atom is 0.111 e. The van der Waals surface area contributed by atoms with E-state index in [4.69, 9.17) is 10.5 Å². The topological polar surface area (TPSA) is 95.9 Å². The van der Waals surface area contributed by atoms with Crippen molar-refractivity contribution in [2.24, 2.45) is 5.73 Å². The van der Waals surface area contributed by atoms with E-state index in [1.54, 1.807) is 6.92 Å². The van der Waals surface area contributed by atoms with E-state index in [0.29, 0.717) is 0 Å². The lowest BCUT2D eigenvalue weighted by Crippen LogP contribution is -2.58. The summed E-state index contributed by atoms with van der Waals surface area (Å²) in [5.74, 6) is 0. The Morgan fingerprint density at radius 3 is 2.25 bits per heavy atom. The van der Waals surface area contributed by atoms with Crippen LogP contribution < -0.4 is 5.73 Å². The Balaban J connectivity index is 2.63. The Bertz CT molecular complexity index is 150. The summed E-state index contributed by atoms with van der Waals surface area (Å²) in [6.07, 6.45) is -4.37. The highest BCUT2D eigenvalue weighted by Gasteiger charge is 2.40. The van der Waals surface area contributed by atoms with Gasteiger partial charge in [0.25, 0.3) is 0 Å². The van der Waals surface area contributed by atoms with Crippen LogP contribution in [0.15, 0.2) is 0 Å². The third-order valence-corrected chi connectivity index (χ3v) is 2.18. The van der Waals surface area contributed by atoms with Crippen molar-refractivity contribution in [3.63, 3.8) is 0 Å². The minimum atomic E-state index is -1.16. The van der Waals surface area contributed by atoms with Gasteiger partial charge < -0.3 is 25.8 Å². The maximum absolute atomic E-state index is 9.31. The van der Waals surface area contributed by atoms with Gasteiger partial charge in [-0.05, 0) is 6.92 Å². The standard InChI is InChI=1S/C7H15NO4/c1-3-5(9)7(11)6(10)4(2-8)12-3/h3-7,9-11H,2,8H2,1H3/t3-,4?,5-,6+,7+/m1/s1. The summed E-state index contributed by atoms with van der Waals surface area (Å²) in [6.45, 7) is 1.76. The first-order valence-electron chi connectivity index (χ1n) is 3.97. The van der Waals surface area contributed by atoms with Crippen molar-refractivity contribution in [1.29, 1.82) is 0 Å². The van der Waals surface area contributed by atoms with Crippen LogP contribution in [0.2, 0.25) is 0 Å². The summed E-state index contributed by atoms with van der Waals surface area (Å²) in [6, 6.07) is 0. The third kappa shape index (κ3) is 1.60. The smallest absolute Gasteiger partial charge is 0.111 e. The average Bonchev–Trinajstić information content (AvgIpc) is 2.08. The molecule has 1 heterocycles. The molecule has 1 aliphatic rings. The molecule has 0 aromatic carbocycles. The molecule has 1 aliphatic heterocycles. The molecule has 1 rings (SSSR count). The molecule has 0 aliphatic carbocycles. The number of rotatable bonds is 1. The zero-order valence-corrected chi connectivity index (χ0v) is 6.92. The number of ether oxygens (including phenoxy) is 1. The fraction of sp³-hybridized carbons (Fsp3) is 1.00. The summed E-state index contributed by atoms with van der Waals surface area (Å²) >= 11 is 0. The maximum atomic E-state index is 9.31. The van der Waals surface area contributed by atoms with Crippen molar-refractivity contribution < 1.29 is 20.1 Å². The highest BCUT2D eigenvalue weighted by atomic mass is 16.5. The van der Waals surface area contributed by atoms with Gasteiger partial charge in [0.1, 0.15) is 18.3 Å². The van der Waals surface area contributed by atoms with Crippen molar-refractivity contribution in [2.75, 3.05) is 6.54 Å². The molecule has 0 amide bonds. The normalized spacial score (nSPS) is 49.2. The summed E-state index contributed by atoms with van der Waals surface area (Å²) in [4.78, 5) is 0. The predicted molar refractivity (Wildman–Crippen MR) is 41.4 cm³/mol. The van der Waals surface area contributed by atoms with Gasteiger partial charge in [-0.3, -0.25) is 0 Å². The van der Waals surface area contributed by atoms with Gasteiger partial charge in [-0.2, -0.15) is 0 Å². The average molecular weight is 177 g/mol. The second-order valence-corrected chi connectivity index (χ2v) is 3.09. The van der Waals surface area contributed by atoms with Crippen LogP contribution in [-0.2, 0) is 4.74 Å². The molecule has 5 atom stereocenters. The highest BCUT2D eigenvalue weighted by Crippen LogP contribution is 2.19. The van der Waals surface area contributed by atoms with Gasteiger partial charge in [0.2, 0.25) is 0 Å². The Morgan fingerprint density at radius 2 is 1.75 bits per heavy atom. The van der Waals surface area contributed by atoms with Crippen LogP contribution >= 0.6 is 0 Å². The fourth-order valence-electron chi connectivity index (χ4n) is 1.33. The van der Waals surface area contributed by atoms with Crippen molar-refractivity contribution in [3.8, 4) is 0 Å². The molecule has 0 aromatic heterocycles. The van der Waals surface area contributed by atoms with Gasteiger partial charge in [0.15, 0.2) is 0 Å². The van der Waals surface area contributed by atoms with Gasteiger partial charge in [-0.15, -0.1) is 0 Å². The van der Waals surface area contributed by atoms with Crippen molar-refractivity contribution >= 4 is 0 Å². The summed E-state index contributed by atoms with van der Waals surface area (Å²) in [7, 11) is 0. The number of aliphatic hydroxyl groups excluding tert-OH is 3. The molecule has 0 bridgehead atoms. The van der Waals surface area contributed by atoms with E-state index < -0.39 is 30.5 Å². The van der Waals surface area contributed by atoms with Crippen molar-refractivity contribution in [1.82, 2.24) is 0 Å². The highest BCUT2D eigenvalue weighted by molar-refractivity contribution is 4.90. The lowest BCUT2D eigenvalue weighted by molar-refractivity contribution is -0.213. The van der Waals surface area contributed by atoms with Crippen LogP contribution in [0.25, 0.3) is 0 Å². The lowest BCUT2D eigenvalue weighted by atomic mass is 9.96. The summed E-state index contributed by atoms with van der Waals surface area (Å²) < 4.78 is 5.15. The van der Waals surface area contributed by atoms with Crippen LogP contribution in [0.3, 0.4) is 0 Å². The molecular formula is C7H15NO4. The van der Waals surface area contributed by atoms with Gasteiger partial charge in [0.05, 0.1) is 12.2 Å². The Labute approximate surface area is 70.8 Å². The van der Waals surface area contributed by atoms with E-state index >= 15 is 0 Å². The van der Waals surface area contributed by atoms with Gasteiger partial charge in [-0.1, -0.05) is 0 Å². The van der Waals surface area contributed by atoms with E-state index in [9.17, 15) is 15.3 Å². The quantitative estimate of drug-likeness (QED) is 0.365. The molecule has 72 valence electrons. The second-order valence-electron chi connectivity index (χ2n) is 3.09. The molecule has 0 radical (unpaired) electrons. The molecular weight excluding hydrogens is 162 g/mol. The molecule has 1 fully saturated rings. The zero-order chi connectivity index (χ0) is 9.30. The van der Waals surface area contributed by atoms with Crippen LogP contribution in [0, 0.1) is 0 Å². The zero-order valence-electron chi connectivity index (χ0n) is 6.92. The van der Waals surface area contributed by atoms with Gasteiger partial charge in [0, 0.05) is 6.54 Å². The number of aliphatic hydroxyl groups is 3. The third-order valence-electron chi connectivity index (χ3n) is 2.18. The predicted octanol–water partition coefficient (Wildman–Crippen LogP) is -2.18. The SMILES string of the molecule is C[C@H]1OC(CN)[C@H](O)[C@@H](O)[C@@H]1O. The van der Waals surface area contributed by atoms with E-state index in [1.165, 1.54) is 0 Å². The van der Waals surface area contributed by atoms with Crippen LogP contribution in [0.4, 0.5) is 0 Å². The lowest BCUT2D eigenvalue weighted by Gasteiger charge is -2.38. The molecule has 1 unspecified atom stereocenters. The monoisotopic (exact) mass is 177 g/mol. The number of nitrogens with two attached hydrogens (primary N) is 1. The molecule has 5 N–H and O–H groups in total. The van der Waals surface area contributed by atoms with Crippen LogP contribution in [0.5, 0.6) is 0 Å². The minimum absolute atomic E-state index is 0.134. The molecule has 12 heavy (non-hydrogen) atoms.